The topological polar surface area (TPSA) is 72.2 Å². The largest absolute Gasteiger partial charge is 0.290 e. The van der Waals surface area contributed by atoms with Crippen LogP contribution in [-0.4, -0.2) is 25.5 Å². The van der Waals surface area contributed by atoms with Gasteiger partial charge in [-0.15, -0.1) is 5.10 Å². The molecule has 2 heterocycles. The summed E-state index contributed by atoms with van der Waals surface area (Å²) < 4.78 is 1.64. The molecule has 0 atom stereocenters. The normalized spacial score (nSPS) is 11.2. The van der Waals surface area contributed by atoms with E-state index >= 15 is 0 Å². The predicted octanol–water partition coefficient (Wildman–Crippen LogP) is 5.76. The molecule has 5 aromatic rings. The number of fused-ring (bicyclic) bond motifs is 1. The van der Waals surface area contributed by atoms with Crippen molar-refractivity contribution < 1.29 is 4.79 Å². The van der Waals surface area contributed by atoms with Gasteiger partial charge in [0.25, 0.3) is 17.6 Å². The molecule has 0 spiro atoms. The molecule has 0 unspecified atom stereocenters. The number of carbonyl (C=O) groups excluding carboxylic acids is 1. The molecule has 0 aliphatic rings. The summed E-state index contributed by atoms with van der Waals surface area (Å²) in [5.41, 5.74) is 4.39. The lowest BCUT2D eigenvalue weighted by Gasteiger charge is -2.07. The number of hydrogen-bond acceptors (Lipinski definition) is 4. The number of nitrogens with zero attached hydrogens (tertiary/aromatic N) is 4. The lowest BCUT2D eigenvalue weighted by Crippen LogP contribution is -2.09. The number of carbonyl (C=O) groups is 1. The molecule has 3 aromatic carbocycles. The van der Waals surface area contributed by atoms with Crippen LogP contribution in [0.3, 0.4) is 0 Å². The number of anilines is 1. The highest BCUT2D eigenvalue weighted by atomic mass is 35.5. The maximum Gasteiger partial charge on any atom is 0.255 e. The molecule has 6 nitrogen and oxygen atoms in total. The highest BCUT2D eigenvalue weighted by molar-refractivity contribution is 6.30. The fourth-order valence-electron chi connectivity index (χ4n) is 3.39. The molecule has 0 fully saturated rings. The number of aromatic nitrogens is 4. The van der Waals surface area contributed by atoms with Gasteiger partial charge in [0.05, 0.1) is 11.4 Å². The highest BCUT2D eigenvalue weighted by Crippen LogP contribution is 2.26. The van der Waals surface area contributed by atoms with Gasteiger partial charge in [0.1, 0.15) is 0 Å². The van der Waals surface area contributed by atoms with Crippen LogP contribution in [0.25, 0.3) is 34.4 Å². The van der Waals surface area contributed by atoms with Gasteiger partial charge in [-0.05, 0) is 29.8 Å². The second kappa shape index (κ2) is 9.06. The van der Waals surface area contributed by atoms with Gasteiger partial charge >= 0.3 is 0 Å². The third-order valence-electron chi connectivity index (χ3n) is 4.98. The van der Waals surface area contributed by atoms with Crippen LogP contribution in [0.2, 0.25) is 5.02 Å². The minimum absolute atomic E-state index is 0.177. The smallest absolute Gasteiger partial charge is 0.255 e. The standard InChI is InChI=1S/C26H18ClN5O/c27-21-14-11-18(12-15-21)13-16-24(33)29-25-30-26-28-22(19-7-3-1-4-8-19)17-23(32(26)31-25)20-9-5-2-6-10-20/h1-17H,(H,29,31,33)/b16-13+. The summed E-state index contributed by atoms with van der Waals surface area (Å²) in [6, 6.07) is 28.9. The van der Waals surface area contributed by atoms with Gasteiger partial charge in [0, 0.05) is 22.2 Å². The van der Waals surface area contributed by atoms with Gasteiger partial charge in [0.2, 0.25) is 0 Å². The Morgan fingerprint density at radius 2 is 1.52 bits per heavy atom. The Labute approximate surface area is 195 Å². The lowest BCUT2D eigenvalue weighted by atomic mass is 10.1. The molecule has 1 amide bonds. The van der Waals surface area contributed by atoms with E-state index in [2.05, 4.69) is 20.4 Å². The number of nitrogens with one attached hydrogen (secondary N) is 1. The molecule has 33 heavy (non-hydrogen) atoms. The molecule has 5 rings (SSSR count). The highest BCUT2D eigenvalue weighted by Gasteiger charge is 2.14. The van der Waals surface area contributed by atoms with Crippen molar-refractivity contribution >= 4 is 35.3 Å². The van der Waals surface area contributed by atoms with E-state index in [0.29, 0.717) is 10.8 Å². The Morgan fingerprint density at radius 3 is 2.21 bits per heavy atom. The Kier molecular flexibility index (Phi) is 5.66. The number of benzene rings is 3. The Bertz CT molecular complexity index is 1450. The zero-order chi connectivity index (χ0) is 22.6. The third-order valence-corrected chi connectivity index (χ3v) is 5.24. The summed E-state index contributed by atoms with van der Waals surface area (Å²) in [5, 5.41) is 7.85. The van der Waals surface area contributed by atoms with Crippen molar-refractivity contribution in [3.05, 3.63) is 108 Å². The van der Waals surface area contributed by atoms with Gasteiger partial charge in [0.15, 0.2) is 0 Å². The molecule has 0 aliphatic heterocycles. The Balaban J connectivity index is 1.49. The first-order valence-electron chi connectivity index (χ1n) is 10.3. The van der Waals surface area contributed by atoms with Gasteiger partial charge < -0.3 is 0 Å². The lowest BCUT2D eigenvalue weighted by molar-refractivity contribution is -0.111. The molecule has 7 heteroatoms. The zero-order valence-corrected chi connectivity index (χ0v) is 18.1. The number of halogens is 1. The van der Waals surface area contributed by atoms with Crippen molar-refractivity contribution in [2.24, 2.45) is 0 Å². The van der Waals surface area contributed by atoms with E-state index in [1.807, 2.05) is 78.9 Å². The molecular formula is C26H18ClN5O. The molecule has 1 N–H and O–H groups in total. The molecule has 0 radical (unpaired) electrons. The van der Waals surface area contributed by atoms with Crippen molar-refractivity contribution in [1.29, 1.82) is 0 Å². The van der Waals surface area contributed by atoms with Crippen molar-refractivity contribution in [3.8, 4) is 22.5 Å². The molecule has 0 bridgehead atoms. The zero-order valence-electron chi connectivity index (χ0n) is 17.4. The molecule has 0 saturated heterocycles. The quantitative estimate of drug-likeness (QED) is 0.344. The Hall–Kier alpha value is -4.29. The van der Waals surface area contributed by atoms with E-state index in [1.165, 1.54) is 6.08 Å². The van der Waals surface area contributed by atoms with Crippen molar-refractivity contribution in [2.75, 3.05) is 5.32 Å². The van der Waals surface area contributed by atoms with Crippen LogP contribution in [0.5, 0.6) is 0 Å². The van der Waals surface area contributed by atoms with Gasteiger partial charge in [-0.1, -0.05) is 84.4 Å². The van der Waals surface area contributed by atoms with Crippen LogP contribution >= 0.6 is 11.6 Å². The van der Waals surface area contributed by atoms with Crippen molar-refractivity contribution in [1.82, 2.24) is 19.6 Å². The monoisotopic (exact) mass is 451 g/mol. The maximum absolute atomic E-state index is 12.4. The minimum atomic E-state index is -0.342. The first-order valence-corrected chi connectivity index (χ1v) is 10.7. The van der Waals surface area contributed by atoms with E-state index in [4.69, 9.17) is 11.6 Å². The molecule has 0 aliphatic carbocycles. The summed E-state index contributed by atoms with van der Waals surface area (Å²) in [7, 11) is 0. The first-order chi connectivity index (χ1) is 16.2. The van der Waals surface area contributed by atoms with Gasteiger partial charge in [-0.3, -0.25) is 10.1 Å². The average molecular weight is 452 g/mol. The predicted molar refractivity (Wildman–Crippen MR) is 131 cm³/mol. The van der Waals surface area contributed by atoms with E-state index in [-0.39, 0.29) is 11.9 Å². The van der Waals surface area contributed by atoms with Crippen molar-refractivity contribution in [3.63, 3.8) is 0 Å². The third kappa shape index (κ3) is 4.66. The van der Waals surface area contributed by atoms with Crippen LogP contribution in [0.4, 0.5) is 5.95 Å². The van der Waals surface area contributed by atoms with Crippen molar-refractivity contribution in [2.45, 2.75) is 0 Å². The van der Waals surface area contributed by atoms with Crippen LogP contribution < -0.4 is 5.32 Å². The fraction of sp³-hybridized carbons (Fsp3) is 0. The second-order valence-corrected chi connectivity index (χ2v) is 7.72. The summed E-state index contributed by atoms with van der Waals surface area (Å²) in [6.07, 6.45) is 3.12. The van der Waals surface area contributed by atoms with Gasteiger partial charge in [-0.2, -0.15) is 9.50 Å². The summed E-state index contributed by atoms with van der Waals surface area (Å²) in [6.45, 7) is 0. The summed E-state index contributed by atoms with van der Waals surface area (Å²) >= 11 is 5.90. The number of rotatable bonds is 5. The summed E-state index contributed by atoms with van der Waals surface area (Å²) in [4.78, 5) is 21.6. The molecule has 2 aromatic heterocycles. The van der Waals surface area contributed by atoms with E-state index in [9.17, 15) is 4.79 Å². The first kappa shape index (κ1) is 20.6. The summed E-state index contributed by atoms with van der Waals surface area (Å²) in [5.74, 6) is 0.230. The molecule has 160 valence electrons. The second-order valence-electron chi connectivity index (χ2n) is 7.28. The van der Waals surface area contributed by atoms with Crippen LogP contribution in [0.15, 0.2) is 97.1 Å². The van der Waals surface area contributed by atoms with E-state index < -0.39 is 0 Å². The van der Waals surface area contributed by atoms with Crippen LogP contribution in [0.1, 0.15) is 5.56 Å². The molecular weight excluding hydrogens is 434 g/mol. The maximum atomic E-state index is 12.4. The van der Waals surface area contributed by atoms with E-state index in [1.54, 1.807) is 22.7 Å². The number of amides is 1. The fourth-order valence-corrected chi connectivity index (χ4v) is 3.52. The minimum Gasteiger partial charge on any atom is -0.290 e. The SMILES string of the molecule is O=C(/C=C/c1ccc(Cl)cc1)Nc1nc2nc(-c3ccccc3)cc(-c3ccccc3)n2n1. The Morgan fingerprint density at radius 1 is 0.848 bits per heavy atom. The molecule has 0 saturated carbocycles. The van der Waals surface area contributed by atoms with Crippen LogP contribution in [-0.2, 0) is 4.79 Å². The van der Waals surface area contributed by atoms with Gasteiger partial charge in [-0.25, -0.2) is 4.98 Å². The van der Waals surface area contributed by atoms with Crippen LogP contribution in [0, 0.1) is 0 Å². The van der Waals surface area contributed by atoms with E-state index in [0.717, 1.165) is 28.1 Å². The average Bonchev–Trinajstić information content (AvgIpc) is 3.26. The number of hydrogen-bond donors (Lipinski definition) is 1.